The molecule has 0 radical (unpaired) electrons. The first kappa shape index (κ1) is 35.9. The average Bonchev–Trinajstić information content (AvgIpc) is 3.44. The van der Waals surface area contributed by atoms with Crippen LogP contribution in [0, 0.1) is 6.92 Å². The number of aromatic nitrogens is 3. The third-order valence-electron chi connectivity index (χ3n) is 8.26. The second kappa shape index (κ2) is 17.3. The standard InChI is InChI=1S/C42H32ClN3.2C2H6/c1-3-12-36-28(2)13-8-23-38(36)41-44-40(45-42(46-41)39-24-11-17-29-14-6-7-22-37(29)39)34-20-9-18-32(26-34)30-15-4-5-16-31(25-30)33-19-10-21-35(43)27-33;2*1-2/h3-4,6-27H,5H2,1-2H3;2*1-2H3/b12-3-;;. The zero-order chi connectivity index (χ0) is 35.5. The molecule has 0 bridgehead atoms. The third kappa shape index (κ3) is 8.07. The molecule has 0 saturated heterocycles. The molecule has 0 aliphatic heterocycles. The lowest BCUT2D eigenvalue weighted by atomic mass is 9.98. The van der Waals surface area contributed by atoms with Crippen LogP contribution in [0.15, 0.2) is 140 Å². The molecule has 1 aromatic heterocycles. The smallest absolute Gasteiger partial charge is 0.164 e. The molecule has 5 aromatic carbocycles. The van der Waals surface area contributed by atoms with E-state index in [1.54, 1.807) is 0 Å². The summed E-state index contributed by atoms with van der Waals surface area (Å²) in [5.41, 5.74) is 9.60. The highest BCUT2D eigenvalue weighted by molar-refractivity contribution is 6.30. The Bertz CT molecular complexity index is 2220. The Morgan fingerprint density at radius 1 is 0.620 bits per heavy atom. The molecular weight excluding hydrogens is 630 g/mol. The maximum Gasteiger partial charge on any atom is 0.164 e. The van der Waals surface area contributed by atoms with Crippen molar-refractivity contribution < 1.29 is 0 Å². The van der Waals surface area contributed by atoms with E-state index >= 15 is 0 Å². The molecule has 50 heavy (non-hydrogen) atoms. The summed E-state index contributed by atoms with van der Waals surface area (Å²) < 4.78 is 0. The largest absolute Gasteiger partial charge is 0.208 e. The van der Waals surface area contributed by atoms with Crippen LogP contribution in [-0.2, 0) is 0 Å². The minimum Gasteiger partial charge on any atom is -0.208 e. The Kier molecular flexibility index (Phi) is 12.4. The van der Waals surface area contributed by atoms with Gasteiger partial charge in [0.2, 0.25) is 0 Å². The first-order chi connectivity index (χ1) is 24.6. The molecule has 0 fully saturated rings. The Balaban J connectivity index is 0.00000117. The highest BCUT2D eigenvalue weighted by Crippen LogP contribution is 2.34. The van der Waals surface area contributed by atoms with Gasteiger partial charge in [0.25, 0.3) is 0 Å². The summed E-state index contributed by atoms with van der Waals surface area (Å²) in [5, 5.41) is 2.98. The summed E-state index contributed by atoms with van der Waals surface area (Å²) in [6.45, 7) is 12.2. The maximum atomic E-state index is 6.34. The van der Waals surface area contributed by atoms with Crippen molar-refractivity contribution in [2.45, 2.75) is 48.0 Å². The molecular formula is C46H44ClN3. The minimum absolute atomic E-state index is 0.631. The topological polar surface area (TPSA) is 38.7 Å². The van der Waals surface area contributed by atoms with Crippen LogP contribution in [0.2, 0.25) is 5.02 Å². The summed E-state index contributed by atoms with van der Waals surface area (Å²) in [5.74, 6) is 1.93. The van der Waals surface area contributed by atoms with Crippen molar-refractivity contribution in [2.24, 2.45) is 0 Å². The van der Waals surface area contributed by atoms with Crippen LogP contribution in [0.1, 0.15) is 63.3 Å². The van der Waals surface area contributed by atoms with Crippen LogP contribution >= 0.6 is 11.6 Å². The van der Waals surface area contributed by atoms with E-state index in [1.165, 1.54) is 5.56 Å². The number of allylic oxidation sites excluding steroid dienone is 7. The monoisotopic (exact) mass is 673 g/mol. The quantitative estimate of drug-likeness (QED) is 0.177. The molecule has 7 rings (SSSR count). The van der Waals surface area contributed by atoms with E-state index in [0.29, 0.717) is 17.5 Å². The molecule has 1 heterocycles. The second-order valence-corrected chi connectivity index (χ2v) is 11.8. The molecule has 0 amide bonds. The second-order valence-electron chi connectivity index (χ2n) is 11.4. The lowest BCUT2D eigenvalue weighted by Gasteiger charge is -2.13. The van der Waals surface area contributed by atoms with Crippen molar-refractivity contribution in [1.82, 2.24) is 15.0 Å². The van der Waals surface area contributed by atoms with Crippen LogP contribution in [-0.4, -0.2) is 15.0 Å². The van der Waals surface area contributed by atoms with Crippen molar-refractivity contribution in [3.8, 4) is 34.2 Å². The predicted molar refractivity (Wildman–Crippen MR) is 217 cm³/mol. The van der Waals surface area contributed by atoms with Crippen LogP contribution in [0.25, 0.3) is 62.2 Å². The van der Waals surface area contributed by atoms with Gasteiger partial charge in [0.05, 0.1) is 0 Å². The third-order valence-corrected chi connectivity index (χ3v) is 8.49. The molecule has 0 saturated carbocycles. The first-order valence-electron chi connectivity index (χ1n) is 17.5. The zero-order valence-corrected chi connectivity index (χ0v) is 30.5. The van der Waals surface area contributed by atoms with Crippen LogP contribution in [0.4, 0.5) is 0 Å². The van der Waals surface area contributed by atoms with Gasteiger partial charge in [-0.1, -0.05) is 161 Å². The van der Waals surface area contributed by atoms with E-state index in [4.69, 9.17) is 26.6 Å². The fourth-order valence-electron chi connectivity index (χ4n) is 5.98. The average molecular weight is 674 g/mol. The van der Waals surface area contributed by atoms with Gasteiger partial charge in [0, 0.05) is 21.7 Å². The molecule has 0 N–H and O–H groups in total. The minimum atomic E-state index is 0.631. The molecule has 3 nitrogen and oxygen atoms in total. The van der Waals surface area contributed by atoms with E-state index in [-0.39, 0.29) is 0 Å². The van der Waals surface area contributed by atoms with Gasteiger partial charge in [-0.25, -0.2) is 15.0 Å². The first-order valence-corrected chi connectivity index (χ1v) is 17.9. The molecule has 0 unspecified atom stereocenters. The number of hydrogen-bond acceptors (Lipinski definition) is 3. The van der Waals surface area contributed by atoms with Gasteiger partial charge >= 0.3 is 0 Å². The van der Waals surface area contributed by atoms with Crippen LogP contribution < -0.4 is 0 Å². The van der Waals surface area contributed by atoms with E-state index in [2.05, 4.69) is 134 Å². The van der Waals surface area contributed by atoms with Gasteiger partial charge in [-0.05, 0) is 88.7 Å². The summed E-state index contributed by atoms with van der Waals surface area (Å²) in [7, 11) is 0. The van der Waals surface area contributed by atoms with E-state index in [0.717, 1.165) is 66.7 Å². The molecule has 4 heteroatoms. The zero-order valence-electron chi connectivity index (χ0n) is 29.8. The lowest BCUT2D eigenvalue weighted by Crippen LogP contribution is -2.02. The van der Waals surface area contributed by atoms with Gasteiger partial charge in [-0.2, -0.15) is 0 Å². The van der Waals surface area contributed by atoms with Crippen molar-refractivity contribution in [2.75, 3.05) is 0 Å². The Labute approximate surface area is 302 Å². The summed E-state index contributed by atoms with van der Waals surface area (Å²) >= 11 is 6.34. The fourth-order valence-corrected chi connectivity index (χ4v) is 6.17. The van der Waals surface area contributed by atoms with Crippen molar-refractivity contribution >= 4 is 39.6 Å². The van der Waals surface area contributed by atoms with Crippen molar-refractivity contribution in [3.05, 3.63) is 167 Å². The van der Waals surface area contributed by atoms with Crippen molar-refractivity contribution in [3.63, 3.8) is 0 Å². The predicted octanol–water partition coefficient (Wildman–Crippen LogP) is 13.5. The lowest BCUT2D eigenvalue weighted by molar-refractivity contribution is 1.07. The number of hydrogen-bond donors (Lipinski definition) is 0. The SMILES string of the molecule is C/C=C\c1c(C)cccc1-c1nc(-c2cccc(C3=CC(c4cccc(Cl)c4)=CCC=C3)c2)nc(-c2cccc3ccccc23)n1.CC.CC. The van der Waals surface area contributed by atoms with Crippen LogP contribution in [0.5, 0.6) is 0 Å². The van der Waals surface area contributed by atoms with E-state index in [9.17, 15) is 0 Å². The summed E-state index contributed by atoms with van der Waals surface area (Å²) in [4.78, 5) is 15.4. The Morgan fingerprint density at radius 2 is 1.24 bits per heavy atom. The number of fused-ring (bicyclic) bond motifs is 1. The molecule has 1 aliphatic rings. The number of benzene rings is 5. The normalized spacial score (nSPS) is 12.3. The van der Waals surface area contributed by atoms with Gasteiger partial charge in [-0.15, -0.1) is 0 Å². The van der Waals surface area contributed by atoms with Crippen molar-refractivity contribution in [1.29, 1.82) is 0 Å². The Morgan fingerprint density at radius 3 is 2.02 bits per heavy atom. The Hall–Kier alpha value is -5.38. The number of aryl methyl sites for hydroxylation is 1. The molecule has 1 aliphatic carbocycles. The highest BCUT2D eigenvalue weighted by Gasteiger charge is 2.17. The molecule has 0 atom stereocenters. The maximum absolute atomic E-state index is 6.34. The van der Waals surface area contributed by atoms with Gasteiger partial charge < -0.3 is 0 Å². The molecule has 6 aromatic rings. The summed E-state index contributed by atoms with van der Waals surface area (Å²) in [6.07, 6.45) is 13.9. The molecule has 250 valence electrons. The number of halogens is 1. The number of rotatable bonds is 6. The fraction of sp³-hybridized carbons (Fsp3) is 0.152. The van der Waals surface area contributed by atoms with Crippen LogP contribution in [0.3, 0.4) is 0 Å². The number of nitrogens with zero attached hydrogens (tertiary/aromatic N) is 3. The van der Waals surface area contributed by atoms with Gasteiger partial charge in [0.1, 0.15) is 0 Å². The van der Waals surface area contributed by atoms with Gasteiger partial charge in [0.15, 0.2) is 17.5 Å². The summed E-state index contributed by atoms with van der Waals surface area (Å²) in [6, 6.07) is 37.4. The van der Waals surface area contributed by atoms with E-state index < -0.39 is 0 Å². The van der Waals surface area contributed by atoms with Gasteiger partial charge in [-0.3, -0.25) is 0 Å². The highest BCUT2D eigenvalue weighted by atomic mass is 35.5. The molecule has 0 spiro atoms. The van der Waals surface area contributed by atoms with E-state index in [1.807, 2.05) is 52.8 Å².